The van der Waals surface area contributed by atoms with Crippen LogP contribution >= 0.6 is 23.2 Å². The molecule has 2 rings (SSSR count). The van der Waals surface area contributed by atoms with Crippen molar-refractivity contribution in [2.24, 2.45) is 0 Å². The average Bonchev–Trinajstić information content (AvgIpc) is 2.47. The summed E-state index contributed by atoms with van der Waals surface area (Å²) in [7, 11) is 0. The van der Waals surface area contributed by atoms with Gasteiger partial charge in [-0.3, -0.25) is 4.79 Å². The van der Waals surface area contributed by atoms with Gasteiger partial charge in [-0.1, -0.05) is 35.3 Å². The number of alkyl halides is 3. The van der Waals surface area contributed by atoms with Crippen LogP contribution in [0.4, 0.5) is 24.5 Å². The summed E-state index contributed by atoms with van der Waals surface area (Å²) in [5.74, 6) is -0.641. The zero-order chi connectivity index (χ0) is 17.0. The number of benzene rings is 2. The zero-order valence-corrected chi connectivity index (χ0v) is 13.1. The molecule has 1 amide bonds. The second-order valence-electron chi connectivity index (χ2n) is 4.57. The van der Waals surface area contributed by atoms with E-state index in [0.29, 0.717) is 10.7 Å². The number of rotatable bonds is 4. The molecule has 0 aromatic heterocycles. The number of para-hydroxylation sites is 1. The Bertz CT molecular complexity index is 720. The molecule has 0 heterocycles. The average molecular weight is 363 g/mol. The van der Waals surface area contributed by atoms with Crippen LogP contribution in [-0.4, -0.2) is 12.5 Å². The van der Waals surface area contributed by atoms with Crippen LogP contribution in [0.15, 0.2) is 42.5 Å². The summed E-state index contributed by atoms with van der Waals surface area (Å²) in [5, 5.41) is 5.30. The Balaban J connectivity index is 2.08. The second-order valence-corrected chi connectivity index (χ2v) is 5.41. The highest BCUT2D eigenvalue weighted by atomic mass is 35.5. The smallest absolute Gasteiger partial charge is 0.375 e. The lowest BCUT2D eigenvalue weighted by molar-refractivity contribution is -0.137. The summed E-state index contributed by atoms with van der Waals surface area (Å²) in [4.78, 5) is 11.8. The Hall–Kier alpha value is -1.92. The van der Waals surface area contributed by atoms with Gasteiger partial charge in [0.25, 0.3) is 0 Å². The van der Waals surface area contributed by atoms with Gasteiger partial charge in [-0.15, -0.1) is 0 Å². The Morgan fingerprint density at radius 2 is 1.74 bits per heavy atom. The van der Waals surface area contributed by atoms with Gasteiger partial charge in [0.05, 0.1) is 28.5 Å². The Morgan fingerprint density at radius 1 is 1.04 bits per heavy atom. The van der Waals surface area contributed by atoms with Crippen LogP contribution in [0.1, 0.15) is 5.56 Å². The largest absolute Gasteiger partial charge is 0.418 e. The molecule has 0 saturated heterocycles. The van der Waals surface area contributed by atoms with Crippen molar-refractivity contribution < 1.29 is 18.0 Å². The van der Waals surface area contributed by atoms with Crippen molar-refractivity contribution in [3.05, 3.63) is 58.1 Å². The quantitative estimate of drug-likeness (QED) is 0.797. The maximum absolute atomic E-state index is 12.9. The highest BCUT2D eigenvalue weighted by molar-refractivity contribution is 6.33. The summed E-state index contributed by atoms with van der Waals surface area (Å²) >= 11 is 11.5. The van der Waals surface area contributed by atoms with Crippen LogP contribution in [0.2, 0.25) is 10.0 Å². The van der Waals surface area contributed by atoms with Crippen molar-refractivity contribution in [3.63, 3.8) is 0 Å². The third-order valence-electron chi connectivity index (χ3n) is 2.87. The van der Waals surface area contributed by atoms with Gasteiger partial charge in [0.1, 0.15) is 0 Å². The lowest BCUT2D eigenvalue weighted by Crippen LogP contribution is -2.23. The van der Waals surface area contributed by atoms with Crippen LogP contribution < -0.4 is 10.6 Å². The van der Waals surface area contributed by atoms with Gasteiger partial charge in [-0.2, -0.15) is 13.2 Å². The molecule has 0 aliphatic rings. The molecule has 0 atom stereocenters. The third kappa shape index (κ3) is 4.77. The van der Waals surface area contributed by atoms with Gasteiger partial charge in [0.2, 0.25) is 5.91 Å². The number of carbonyl (C=O) groups excluding carboxylic acids is 1. The van der Waals surface area contributed by atoms with E-state index >= 15 is 0 Å². The maximum atomic E-state index is 12.9. The molecule has 0 spiro atoms. The fraction of sp³-hybridized carbons (Fsp3) is 0.133. The number of anilines is 2. The Labute approximate surface area is 140 Å². The minimum Gasteiger partial charge on any atom is -0.375 e. The normalized spacial score (nSPS) is 11.2. The monoisotopic (exact) mass is 362 g/mol. The lowest BCUT2D eigenvalue weighted by Gasteiger charge is -2.14. The van der Waals surface area contributed by atoms with Crippen molar-refractivity contribution in [2.75, 3.05) is 17.2 Å². The van der Waals surface area contributed by atoms with Gasteiger partial charge >= 0.3 is 6.18 Å². The van der Waals surface area contributed by atoms with Crippen molar-refractivity contribution >= 4 is 40.5 Å². The molecule has 0 bridgehead atoms. The van der Waals surface area contributed by atoms with E-state index in [1.807, 2.05) is 0 Å². The number of nitrogens with one attached hydrogen (secondary N) is 2. The van der Waals surface area contributed by atoms with Gasteiger partial charge < -0.3 is 10.6 Å². The highest BCUT2D eigenvalue weighted by Crippen LogP contribution is 2.36. The fourth-order valence-corrected chi connectivity index (χ4v) is 2.21. The summed E-state index contributed by atoms with van der Waals surface area (Å²) < 4.78 is 38.8. The molecule has 3 nitrogen and oxygen atoms in total. The molecule has 0 fully saturated rings. The molecule has 8 heteroatoms. The minimum absolute atomic E-state index is 0.0653. The molecule has 0 saturated carbocycles. The number of halogens is 5. The lowest BCUT2D eigenvalue weighted by atomic mass is 10.1. The van der Waals surface area contributed by atoms with E-state index < -0.39 is 17.6 Å². The first-order chi connectivity index (χ1) is 10.8. The molecule has 0 unspecified atom stereocenters. The van der Waals surface area contributed by atoms with E-state index in [9.17, 15) is 18.0 Å². The van der Waals surface area contributed by atoms with Crippen molar-refractivity contribution in [2.45, 2.75) is 6.18 Å². The summed E-state index contributed by atoms with van der Waals surface area (Å²) in [6.07, 6.45) is -4.62. The summed E-state index contributed by atoms with van der Waals surface area (Å²) in [5.41, 5.74) is -0.847. The van der Waals surface area contributed by atoms with Crippen molar-refractivity contribution in [1.29, 1.82) is 0 Å². The molecule has 2 N–H and O–H groups in total. The van der Waals surface area contributed by atoms with E-state index in [-0.39, 0.29) is 17.3 Å². The van der Waals surface area contributed by atoms with Gasteiger partial charge in [-0.05, 0) is 30.3 Å². The van der Waals surface area contributed by atoms with Crippen molar-refractivity contribution in [3.8, 4) is 0 Å². The molecule has 0 aliphatic heterocycles. The molecular weight excluding hydrogens is 352 g/mol. The summed E-state index contributed by atoms with van der Waals surface area (Å²) in [6.45, 7) is -0.232. The number of carbonyl (C=O) groups is 1. The topological polar surface area (TPSA) is 41.1 Å². The third-order valence-corrected chi connectivity index (χ3v) is 3.44. The molecule has 23 heavy (non-hydrogen) atoms. The van der Waals surface area contributed by atoms with Gasteiger partial charge in [0.15, 0.2) is 0 Å². The van der Waals surface area contributed by atoms with Gasteiger partial charge in [0, 0.05) is 5.02 Å². The zero-order valence-electron chi connectivity index (χ0n) is 11.5. The second kappa shape index (κ2) is 7.10. The highest BCUT2D eigenvalue weighted by Gasteiger charge is 2.34. The molecule has 0 aliphatic carbocycles. The van der Waals surface area contributed by atoms with E-state index in [2.05, 4.69) is 10.6 Å². The fourth-order valence-electron chi connectivity index (χ4n) is 1.83. The Kier molecular flexibility index (Phi) is 5.38. The molecule has 2 aromatic carbocycles. The molecule has 122 valence electrons. The summed E-state index contributed by atoms with van der Waals surface area (Å²) in [6, 6.07) is 9.86. The first-order valence-electron chi connectivity index (χ1n) is 6.42. The van der Waals surface area contributed by atoms with E-state index in [4.69, 9.17) is 23.2 Å². The first-order valence-corrected chi connectivity index (χ1v) is 7.18. The SMILES string of the molecule is O=C(CNc1ccccc1Cl)Nc1ccc(Cl)cc1C(F)(F)F. The van der Waals surface area contributed by atoms with E-state index in [1.165, 1.54) is 6.07 Å². The van der Waals surface area contributed by atoms with Crippen LogP contribution in [0.25, 0.3) is 0 Å². The van der Waals surface area contributed by atoms with E-state index in [0.717, 1.165) is 12.1 Å². The molecular formula is C15H11Cl2F3N2O. The predicted molar refractivity (Wildman–Crippen MR) is 85.0 cm³/mol. The van der Waals surface area contributed by atoms with Gasteiger partial charge in [-0.25, -0.2) is 0 Å². The first kappa shape index (κ1) is 17.4. The Morgan fingerprint density at radius 3 is 2.39 bits per heavy atom. The van der Waals surface area contributed by atoms with E-state index in [1.54, 1.807) is 24.3 Å². The molecule has 0 radical (unpaired) electrons. The van der Waals surface area contributed by atoms with Crippen LogP contribution in [0.3, 0.4) is 0 Å². The maximum Gasteiger partial charge on any atom is 0.418 e. The van der Waals surface area contributed by atoms with Crippen LogP contribution in [0.5, 0.6) is 0 Å². The van der Waals surface area contributed by atoms with Crippen LogP contribution in [0, 0.1) is 0 Å². The van der Waals surface area contributed by atoms with Crippen molar-refractivity contribution in [1.82, 2.24) is 0 Å². The number of hydrogen-bond donors (Lipinski definition) is 2. The van der Waals surface area contributed by atoms with Crippen LogP contribution in [-0.2, 0) is 11.0 Å². The number of amides is 1. The molecule has 2 aromatic rings. The predicted octanol–water partition coefficient (Wildman–Crippen LogP) is 5.06. The standard InChI is InChI=1S/C15H11Cl2F3N2O/c16-9-5-6-12(10(7-9)15(18,19)20)22-14(23)8-21-13-4-2-1-3-11(13)17/h1-7,21H,8H2,(H,22,23). The number of hydrogen-bond acceptors (Lipinski definition) is 2. The minimum atomic E-state index is -4.62.